The number of hydrogen-bond donors (Lipinski definition) is 3. The molecule has 0 unspecified atom stereocenters. The molecule has 212 valence electrons. The van der Waals surface area contributed by atoms with Gasteiger partial charge in [-0.25, -0.2) is 8.42 Å². The minimum absolute atomic E-state index is 0.269. The molecule has 0 bridgehead atoms. The van der Waals surface area contributed by atoms with Crippen molar-refractivity contribution < 1.29 is 8.42 Å². The Bertz CT molecular complexity index is 1590. The molecule has 41 heavy (non-hydrogen) atoms. The highest BCUT2D eigenvalue weighted by molar-refractivity contribution is 7.90. The van der Waals surface area contributed by atoms with E-state index >= 15 is 0 Å². The number of nitrogens with one attached hydrogen (secondary N) is 3. The second-order valence-corrected chi connectivity index (χ2v) is 12.1. The molecule has 1 aliphatic rings. The molecular weight excluding hydrogens is 534 g/mol. The third-order valence-corrected chi connectivity index (χ3v) is 8.08. The average molecular weight is 570 g/mol. The van der Waals surface area contributed by atoms with Crippen molar-refractivity contribution in [3.8, 4) is 11.1 Å². The summed E-state index contributed by atoms with van der Waals surface area (Å²) in [4.78, 5) is 12.5. The van der Waals surface area contributed by atoms with Gasteiger partial charge in [0.2, 0.25) is 5.95 Å². The van der Waals surface area contributed by atoms with Crippen molar-refractivity contribution >= 4 is 38.8 Å². The fraction of sp³-hybridized carbons (Fsp3) is 0.258. The molecule has 3 N–H and O–H groups in total. The Labute approximate surface area is 241 Å². The lowest BCUT2D eigenvalue weighted by atomic mass is 10.1. The second-order valence-electron chi connectivity index (χ2n) is 10.1. The molecule has 0 radical (unpaired) electrons. The summed E-state index contributed by atoms with van der Waals surface area (Å²) < 4.78 is 23.7. The molecular formula is C31H35N7O2S. The Morgan fingerprint density at radius 1 is 0.878 bits per heavy atom. The van der Waals surface area contributed by atoms with E-state index in [2.05, 4.69) is 26.1 Å². The number of hydrogen-bond acceptors (Lipinski definition) is 9. The van der Waals surface area contributed by atoms with Gasteiger partial charge in [0.15, 0.2) is 15.7 Å². The van der Waals surface area contributed by atoms with Crippen molar-refractivity contribution in [2.75, 3.05) is 48.5 Å². The summed E-state index contributed by atoms with van der Waals surface area (Å²) >= 11 is 0. The van der Waals surface area contributed by atoms with E-state index in [1.807, 2.05) is 67.6 Å². The molecule has 0 saturated carbocycles. The second kappa shape index (κ2) is 12.9. The molecule has 1 saturated heterocycles. The molecule has 0 spiro atoms. The van der Waals surface area contributed by atoms with Gasteiger partial charge in [-0.1, -0.05) is 60.7 Å². The van der Waals surface area contributed by atoms with Gasteiger partial charge in [-0.15, -0.1) is 0 Å². The van der Waals surface area contributed by atoms with Crippen molar-refractivity contribution in [2.45, 2.75) is 24.7 Å². The number of anilines is 4. The normalized spacial score (nSPS) is 14.1. The van der Waals surface area contributed by atoms with Crippen molar-refractivity contribution in [1.29, 1.82) is 0 Å². The van der Waals surface area contributed by atoms with Gasteiger partial charge in [0.05, 0.1) is 16.2 Å². The number of nitrogens with zero attached hydrogens (tertiary/aromatic N) is 4. The van der Waals surface area contributed by atoms with Crippen LogP contribution < -0.4 is 16.1 Å². The Morgan fingerprint density at radius 2 is 1.51 bits per heavy atom. The molecule has 10 heteroatoms. The molecule has 0 amide bonds. The van der Waals surface area contributed by atoms with E-state index in [-0.39, 0.29) is 4.90 Å². The van der Waals surface area contributed by atoms with E-state index in [0.717, 1.165) is 48.6 Å². The average Bonchev–Trinajstić information content (AvgIpc) is 3.50. The summed E-state index contributed by atoms with van der Waals surface area (Å²) in [6.07, 6.45) is 3.69. The summed E-state index contributed by atoms with van der Waals surface area (Å²) in [5.41, 5.74) is 7.31. The van der Waals surface area contributed by atoms with Crippen LogP contribution in [0, 0.1) is 0 Å². The van der Waals surface area contributed by atoms with Gasteiger partial charge in [0.1, 0.15) is 5.82 Å². The van der Waals surface area contributed by atoms with Gasteiger partial charge in [-0.2, -0.15) is 15.1 Å². The maximum atomic E-state index is 11.9. The van der Waals surface area contributed by atoms with Gasteiger partial charge < -0.3 is 15.5 Å². The van der Waals surface area contributed by atoms with Crippen LogP contribution in [0.25, 0.3) is 11.1 Å². The number of para-hydroxylation sites is 1. The maximum Gasteiger partial charge on any atom is 0.231 e. The summed E-state index contributed by atoms with van der Waals surface area (Å²) in [6, 6.07) is 26.5. The molecule has 1 fully saturated rings. The van der Waals surface area contributed by atoms with Crippen LogP contribution >= 0.6 is 0 Å². The minimum atomic E-state index is -3.27. The first-order chi connectivity index (χ1) is 19.9. The standard InChI is InChI=1S/C31H35N7O2S/c1-23(24-15-17-27(18-16-24)41(2,39)40)36-37-30-28(25-11-5-3-6-12-25)29(32-19-22-38-20-9-10-21-38)34-31(35-30)33-26-13-7-4-8-14-26/h3-8,11-18H,9-10,19-22H2,1-2H3,(H3,32,33,34,35,37). The third kappa shape index (κ3) is 7.47. The summed E-state index contributed by atoms with van der Waals surface area (Å²) in [5, 5.41) is 11.5. The molecule has 0 atom stereocenters. The van der Waals surface area contributed by atoms with Crippen LogP contribution in [0.1, 0.15) is 25.3 Å². The first-order valence-corrected chi connectivity index (χ1v) is 15.6. The Morgan fingerprint density at radius 3 is 2.17 bits per heavy atom. The van der Waals surface area contributed by atoms with E-state index < -0.39 is 9.84 Å². The lowest BCUT2D eigenvalue weighted by Crippen LogP contribution is -2.26. The van der Waals surface area contributed by atoms with Crippen LogP contribution in [-0.4, -0.2) is 61.4 Å². The molecule has 3 aromatic carbocycles. The topological polar surface area (TPSA) is 112 Å². The summed E-state index contributed by atoms with van der Waals surface area (Å²) in [7, 11) is -3.27. The largest absolute Gasteiger partial charge is 0.368 e. The van der Waals surface area contributed by atoms with Crippen molar-refractivity contribution in [2.24, 2.45) is 5.10 Å². The highest BCUT2D eigenvalue weighted by Crippen LogP contribution is 2.34. The van der Waals surface area contributed by atoms with Crippen molar-refractivity contribution in [1.82, 2.24) is 14.9 Å². The predicted octanol–water partition coefficient (Wildman–Crippen LogP) is 5.63. The molecule has 2 heterocycles. The zero-order chi connectivity index (χ0) is 28.7. The molecule has 1 aromatic heterocycles. The number of rotatable bonds is 11. The number of benzene rings is 3. The van der Waals surface area contributed by atoms with E-state index in [1.54, 1.807) is 24.3 Å². The molecule has 4 aromatic rings. The summed E-state index contributed by atoms with van der Waals surface area (Å²) in [5.74, 6) is 1.68. The zero-order valence-corrected chi connectivity index (χ0v) is 24.2. The fourth-order valence-electron chi connectivity index (χ4n) is 4.74. The van der Waals surface area contributed by atoms with Gasteiger partial charge in [0, 0.05) is 25.0 Å². The highest BCUT2D eigenvalue weighted by Gasteiger charge is 2.18. The quantitative estimate of drug-likeness (QED) is 0.157. The van der Waals surface area contributed by atoms with Crippen LogP contribution in [0.3, 0.4) is 0 Å². The van der Waals surface area contributed by atoms with Crippen LogP contribution in [0.2, 0.25) is 0 Å². The number of sulfone groups is 1. The van der Waals surface area contributed by atoms with E-state index in [4.69, 9.17) is 9.97 Å². The van der Waals surface area contributed by atoms with Crippen LogP contribution in [0.4, 0.5) is 23.3 Å². The lowest BCUT2D eigenvalue weighted by molar-refractivity contribution is 0.352. The van der Waals surface area contributed by atoms with Crippen molar-refractivity contribution in [3.63, 3.8) is 0 Å². The Balaban J connectivity index is 1.50. The smallest absolute Gasteiger partial charge is 0.231 e. The predicted molar refractivity (Wildman–Crippen MR) is 167 cm³/mol. The SMILES string of the molecule is CC(=NNc1nc(Nc2ccccc2)nc(NCCN2CCCC2)c1-c1ccccc1)c1ccc(S(C)(=O)=O)cc1. The van der Waals surface area contributed by atoms with Gasteiger partial charge in [-0.3, -0.25) is 5.43 Å². The van der Waals surface area contributed by atoms with Gasteiger partial charge >= 0.3 is 0 Å². The van der Waals surface area contributed by atoms with Crippen LogP contribution in [0.5, 0.6) is 0 Å². The first-order valence-electron chi connectivity index (χ1n) is 13.7. The van der Waals surface area contributed by atoms with Gasteiger partial charge in [0.25, 0.3) is 0 Å². The zero-order valence-electron chi connectivity index (χ0n) is 23.3. The Kier molecular flexibility index (Phi) is 8.91. The molecule has 9 nitrogen and oxygen atoms in total. The monoisotopic (exact) mass is 569 g/mol. The summed E-state index contributed by atoms with van der Waals surface area (Å²) in [6.45, 7) is 5.80. The number of hydrazone groups is 1. The highest BCUT2D eigenvalue weighted by atomic mass is 32.2. The molecule has 5 rings (SSSR count). The van der Waals surface area contributed by atoms with E-state index in [9.17, 15) is 8.42 Å². The fourth-order valence-corrected chi connectivity index (χ4v) is 5.37. The molecule has 1 aliphatic heterocycles. The van der Waals surface area contributed by atoms with Crippen LogP contribution in [0.15, 0.2) is 94.9 Å². The van der Waals surface area contributed by atoms with Crippen molar-refractivity contribution in [3.05, 3.63) is 90.5 Å². The first kappa shape index (κ1) is 28.3. The minimum Gasteiger partial charge on any atom is -0.368 e. The number of aromatic nitrogens is 2. The maximum absolute atomic E-state index is 11.9. The Hall–Kier alpha value is -4.28. The number of likely N-dealkylation sites (tertiary alicyclic amines) is 1. The van der Waals surface area contributed by atoms with Gasteiger partial charge in [-0.05, 0) is 68.2 Å². The van der Waals surface area contributed by atoms with E-state index in [0.29, 0.717) is 23.3 Å². The van der Waals surface area contributed by atoms with E-state index in [1.165, 1.54) is 19.1 Å². The lowest BCUT2D eigenvalue weighted by Gasteiger charge is -2.19. The molecule has 0 aliphatic carbocycles. The van der Waals surface area contributed by atoms with Crippen LogP contribution in [-0.2, 0) is 9.84 Å². The third-order valence-electron chi connectivity index (χ3n) is 6.95.